The highest BCUT2D eigenvalue weighted by Crippen LogP contribution is 2.71. The normalized spacial score (nSPS) is 54.1. The molecule has 1 nitrogen and oxygen atoms in total. The molecule has 5 unspecified atom stereocenters. The Bertz CT molecular complexity index is 343. The van der Waals surface area contributed by atoms with Gasteiger partial charge in [-0.2, -0.15) is 0 Å². The van der Waals surface area contributed by atoms with Crippen molar-refractivity contribution in [2.75, 3.05) is 0 Å². The van der Waals surface area contributed by atoms with E-state index in [2.05, 4.69) is 27.7 Å². The van der Waals surface area contributed by atoms with Crippen molar-refractivity contribution in [2.24, 2.45) is 34.5 Å². The Kier molecular flexibility index (Phi) is 1.97. The molecule has 0 saturated heterocycles. The molecule has 90 valence electrons. The highest BCUT2D eigenvalue weighted by Gasteiger charge is 2.68. The monoisotopic (exact) mass is 220 g/mol. The zero-order chi connectivity index (χ0) is 11.7. The van der Waals surface area contributed by atoms with Crippen LogP contribution in [0.1, 0.15) is 53.4 Å². The zero-order valence-corrected chi connectivity index (χ0v) is 11.0. The molecule has 3 fully saturated rings. The van der Waals surface area contributed by atoms with Crippen LogP contribution < -0.4 is 0 Å². The van der Waals surface area contributed by atoms with Crippen LogP contribution in [-0.4, -0.2) is 5.78 Å². The number of carbonyl (C=O) groups excluding carboxylic acids is 1. The van der Waals surface area contributed by atoms with E-state index < -0.39 is 0 Å². The van der Waals surface area contributed by atoms with Gasteiger partial charge in [0.1, 0.15) is 5.78 Å². The second kappa shape index (κ2) is 2.91. The van der Waals surface area contributed by atoms with Crippen LogP contribution >= 0.6 is 0 Å². The van der Waals surface area contributed by atoms with Crippen LogP contribution in [0.15, 0.2) is 0 Å². The minimum Gasteiger partial charge on any atom is -0.299 e. The van der Waals surface area contributed by atoms with E-state index in [1.165, 1.54) is 19.3 Å². The highest BCUT2D eigenvalue weighted by molar-refractivity contribution is 5.88. The Balaban J connectivity index is 2.12. The van der Waals surface area contributed by atoms with Crippen LogP contribution in [0, 0.1) is 34.5 Å². The first-order valence-corrected chi connectivity index (χ1v) is 6.94. The summed E-state index contributed by atoms with van der Waals surface area (Å²) in [6, 6.07) is 0. The van der Waals surface area contributed by atoms with Crippen LogP contribution in [0.4, 0.5) is 0 Å². The summed E-state index contributed by atoms with van der Waals surface area (Å²) in [6.07, 6.45) is 4.63. The van der Waals surface area contributed by atoms with Crippen molar-refractivity contribution in [3.05, 3.63) is 0 Å². The van der Waals surface area contributed by atoms with Gasteiger partial charge in [-0.3, -0.25) is 4.79 Å². The highest BCUT2D eigenvalue weighted by atomic mass is 16.1. The third-order valence-corrected chi connectivity index (χ3v) is 6.51. The van der Waals surface area contributed by atoms with Crippen molar-refractivity contribution in [3.8, 4) is 0 Å². The van der Waals surface area contributed by atoms with Gasteiger partial charge in [0.05, 0.1) is 0 Å². The van der Waals surface area contributed by atoms with Crippen molar-refractivity contribution < 1.29 is 4.79 Å². The Morgan fingerprint density at radius 3 is 2.56 bits per heavy atom. The molecule has 0 aromatic carbocycles. The summed E-state index contributed by atoms with van der Waals surface area (Å²) in [5.74, 6) is 3.33. The molecule has 0 aromatic rings. The summed E-state index contributed by atoms with van der Waals surface area (Å²) in [5.41, 5.74) is 0.497. The van der Waals surface area contributed by atoms with Crippen LogP contribution in [0.2, 0.25) is 0 Å². The number of hydrogen-bond acceptors (Lipinski definition) is 1. The lowest BCUT2D eigenvalue weighted by atomic mass is 9.65. The number of fused-ring (bicyclic) bond motifs is 1. The first-order valence-electron chi connectivity index (χ1n) is 6.94. The number of Topliss-reactive ketones (excluding diaryl/α,β-unsaturated/α-hetero) is 1. The molecule has 1 spiro atoms. The summed E-state index contributed by atoms with van der Waals surface area (Å²) in [6.45, 7) is 9.48. The van der Waals surface area contributed by atoms with Crippen molar-refractivity contribution in [3.63, 3.8) is 0 Å². The molecule has 3 aliphatic carbocycles. The van der Waals surface area contributed by atoms with Crippen molar-refractivity contribution in [1.29, 1.82) is 0 Å². The molecule has 0 aromatic heterocycles. The molecular weight excluding hydrogens is 196 g/mol. The largest absolute Gasteiger partial charge is 0.299 e. The van der Waals surface area contributed by atoms with Gasteiger partial charge < -0.3 is 0 Å². The lowest BCUT2D eigenvalue weighted by molar-refractivity contribution is -0.135. The fraction of sp³-hybridized carbons (Fsp3) is 0.933. The Hall–Kier alpha value is -0.330. The fourth-order valence-corrected chi connectivity index (χ4v) is 5.68. The molecule has 16 heavy (non-hydrogen) atoms. The molecule has 5 atom stereocenters. The van der Waals surface area contributed by atoms with Crippen LogP contribution in [-0.2, 0) is 4.79 Å². The maximum absolute atomic E-state index is 12.6. The zero-order valence-electron chi connectivity index (χ0n) is 11.0. The average molecular weight is 220 g/mol. The average Bonchev–Trinajstić information content (AvgIpc) is 2.61. The van der Waals surface area contributed by atoms with Gasteiger partial charge in [0.25, 0.3) is 0 Å². The molecule has 1 heteroatoms. The molecule has 0 radical (unpaired) electrons. The van der Waals surface area contributed by atoms with Crippen molar-refractivity contribution in [2.45, 2.75) is 53.4 Å². The van der Waals surface area contributed by atoms with Crippen LogP contribution in [0.25, 0.3) is 0 Å². The quantitative estimate of drug-likeness (QED) is 0.608. The Labute approximate surface area is 99.0 Å². The number of rotatable bonds is 0. The summed E-state index contributed by atoms with van der Waals surface area (Å²) in [7, 11) is 0. The Morgan fingerprint density at radius 2 is 1.88 bits per heavy atom. The fourth-order valence-electron chi connectivity index (χ4n) is 5.68. The second-order valence-corrected chi connectivity index (χ2v) is 7.31. The topological polar surface area (TPSA) is 17.1 Å². The van der Waals surface area contributed by atoms with E-state index in [1.807, 2.05) is 0 Å². The molecule has 2 bridgehead atoms. The number of ketones is 1. The van der Waals surface area contributed by atoms with Gasteiger partial charge in [0, 0.05) is 11.8 Å². The third-order valence-electron chi connectivity index (χ3n) is 6.51. The minimum absolute atomic E-state index is 0.0979. The molecule has 3 saturated carbocycles. The van der Waals surface area contributed by atoms with E-state index >= 15 is 0 Å². The van der Waals surface area contributed by atoms with Gasteiger partial charge in [0.15, 0.2) is 0 Å². The predicted molar refractivity (Wildman–Crippen MR) is 65.0 cm³/mol. The molecule has 0 heterocycles. The SMILES string of the molecule is CC1CC(=O)C23CC1C(C)(C)C2CCC3C. The van der Waals surface area contributed by atoms with E-state index in [-0.39, 0.29) is 5.41 Å². The first-order chi connectivity index (χ1) is 7.40. The molecular formula is C15H24O. The van der Waals surface area contributed by atoms with Crippen LogP contribution in [0.3, 0.4) is 0 Å². The van der Waals surface area contributed by atoms with E-state index in [0.717, 1.165) is 12.3 Å². The second-order valence-electron chi connectivity index (χ2n) is 7.31. The van der Waals surface area contributed by atoms with Gasteiger partial charge in [-0.15, -0.1) is 0 Å². The minimum atomic E-state index is 0.0979. The summed E-state index contributed by atoms with van der Waals surface area (Å²) < 4.78 is 0. The van der Waals surface area contributed by atoms with Gasteiger partial charge in [-0.05, 0) is 48.3 Å². The van der Waals surface area contributed by atoms with Gasteiger partial charge in [-0.1, -0.05) is 27.7 Å². The molecule has 3 aliphatic rings. The van der Waals surface area contributed by atoms with Crippen molar-refractivity contribution >= 4 is 5.78 Å². The van der Waals surface area contributed by atoms with Crippen molar-refractivity contribution in [1.82, 2.24) is 0 Å². The molecule has 0 N–H and O–H groups in total. The van der Waals surface area contributed by atoms with E-state index in [9.17, 15) is 4.79 Å². The van der Waals surface area contributed by atoms with E-state index in [0.29, 0.717) is 29.0 Å². The predicted octanol–water partition coefficient (Wildman–Crippen LogP) is 3.67. The molecule has 0 amide bonds. The molecule has 3 rings (SSSR count). The molecule has 0 aliphatic heterocycles. The summed E-state index contributed by atoms with van der Waals surface area (Å²) in [5, 5.41) is 0. The summed E-state index contributed by atoms with van der Waals surface area (Å²) >= 11 is 0. The van der Waals surface area contributed by atoms with Crippen LogP contribution in [0.5, 0.6) is 0 Å². The van der Waals surface area contributed by atoms with Gasteiger partial charge >= 0.3 is 0 Å². The maximum atomic E-state index is 12.6. The number of carbonyl (C=O) groups is 1. The lowest BCUT2D eigenvalue weighted by Crippen LogP contribution is -2.40. The summed E-state index contributed by atoms with van der Waals surface area (Å²) in [4.78, 5) is 12.6. The number of hydrogen-bond donors (Lipinski definition) is 0. The van der Waals surface area contributed by atoms with Gasteiger partial charge in [0.2, 0.25) is 0 Å². The van der Waals surface area contributed by atoms with Gasteiger partial charge in [-0.25, -0.2) is 0 Å². The van der Waals surface area contributed by atoms with E-state index in [1.54, 1.807) is 0 Å². The smallest absolute Gasteiger partial charge is 0.139 e. The maximum Gasteiger partial charge on any atom is 0.139 e. The van der Waals surface area contributed by atoms with E-state index in [4.69, 9.17) is 0 Å². The Morgan fingerprint density at radius 1 is 1.19 bits per heavy atom. The standard InChI is InChI=1S/C15H24O/c1-9-7-13(16)15-8-11(9)14(3,4)12(15)6-5-10(15)2/h9-12H,5-8H2,1-4H3. The lowest BCUT2D eigenvalue weighted by Gasteiger charge is -2.37. The third kappa shape index (κ3) is 0.966. The first kappa shape index (κ1) is 10.8.